The molecule has 0 fully saturated rings. The molecule has 1 aromatic heterocycles. The van der Waals surface area contributed by atoms with Gasteiger partial charge in [-0.05, 0) is 54.6 Å². The van der Waals surface area contributed by atoms with Gasteiger partial charge in [-0.3, -0.25) is 10.0 Å². The Bertz CT molecular complexity index is 1020. The molecule has 0 unspecified atom stereocenters. The fourth-order valence-corrected chi connectivity index (χ4v) is 3.78. The van der Waals surface area contributed by atoms with Gasteiger partial charge in [0.25, 0.3) is 5.91 Å². The standard InChI is InChI=1S/C23H25N3O3/c27-21(26-28)11-10-16-6-8-17(9-7-16)15-24-13-12-18-3-1-5-20-22(18)19-4-2-14-29-23(19)25-20/h1,3,5-11,24-25,28H,2,4,12-15H2,(H,26,27)/b11-10+. The van der Waals surface area contributed by atoms with E-state index in [0.717, 1.165) is 55.9 Å². The van der Waals surface area contributed by atoms with Crippen LogP contribution in [-0.4, -0.2) is 29.3 Å². The number of hydrogen-bond acceptors (Lipinski definition) is 4. The van der Waals surface area contributed by atoms with Gasteiger partial charge in [-0.15, -0.1) is 0 Å². The highest BCUT2D eigenvalue weighted by Gasteiger charge is 2.18. The van der Waals surface area contributed by atoms with Gasteiger partial charge in [0.1, 0.15) is 0 Å². The molecule has 6 nitrogen and oxygen atoms in total. The average Bonchev–Trinajstić information content (AvgIpc) is 3.15. The minimum absolute atomic E-state index is 0.541. The molecule has 0 radical (unpaired) electrons. The molecule has 0 aliphatic carbocycles. The molecule has 1 aliphatic rings. The lowest BCUT2D eigenvalue weighted by atomic mass is 10.00. The maximum atomic E-state index is 11.0. The number of aryl methyl sites for hydroxylation is 1. The number of hydroxylamine groups is 1. The van der Waals surface area contributed by atoms with Crippen molar-refractivity contribution in [2.75, 3.05) is 13.2 Å². The number of rotatable bonds is 7. The maximum Gasteiger partial charge on any atom is 0.267 e. The van der Waals surface area contributed by atoms with Crippen molar-refractivity contribution in [3.05, 3.63) is 70.8 Å². The molecule has 0 bridgehead atoms. The number of ether oxygens (including phenoxy) is 1. The van der Waals surface area contributed by atoms with Crippen LogP contribution in [0.3, 0.4) is 0 Å². The summed E-state index contributed by atoms with van der Waals surface area (Å²) in [4.78, 5) is 14.4. The summed E-state index contributed by atoms with van der Waals surface area (Å²) in [6.45, 7) is 2.46. The first-order chi connectivity index (χ1) is 14.2. The third-order valence-corrected chi connectivity index (χ3v) is 5.21. The Hall–Kier alpha value is -3.09. The van der Waals surface area contributed by atoms with Gasteiger partial charge >= 0.3 is 0 Å². The van der Waals surface area contributed by atoms with Crippen molar-refractivity contribution in [1.29, 1.82) is 0 Å². The second kappa shape index (κ2) is 8.94. The van der Waals surface area contributed by atoms with Crippen molar-refractivity contribution >= 4 is 22.9 Å². The van der Waals surface area contributed by atoms with E-state index in [1.165, 1.54) is 28.2 Å². The smallest absolute Gasteiger partial charge is 0.267 e. The number of hydrogen-bond donors (Lipinski definition) is 4. The molecule has 3 aromatic rings. The Labute approximate surface area is 169 Å². The Morgan fingerprint density at radius 3 is 2.90 bits per heavy atom. The van der Waals surface area contributed by atoms with Crippen molar-refractivity contribution in [2.45, 2.75) is 25.8 Å². The van der Waals surface area contributed by atoms with E-state index in [9.17, 15) is 4.79 Å². The number of fused-ring (bicyclic) bond motifs is 3. The summed E-state index contributed by atoms with van der Waals surface area (Å²) >= 11 is 0. The van der Waals surface area contributed by atoms with Crippen LogP contribution in [-0.2, 0) is 24.2 Å². The van der Waals surface area contributed by atoms with E-state index in [1.807, 2.05) is 24.3 Å². The predicted octanol–water partition coefficient (Wildman–Crippen LogP) is 3.34. The van der Waals surface area contributed by atoms with Crippen LogP contribution in [0.5, 0.6) is 5.88 Å². The molecule has 1 aliphatic heterocycles. The first-order valence-electron chi connectivity index (χ1n) is 9.91. The van der Waals surface area contributed by atoms with Crippen LogP contribution in [0, 0.1) is 0 Å². The van der Waals surface area contributed by atoms with Gasteiger partial charge in [0, 0.05) is 29.1 Å². The third-order valence-electron chi connectivity index (χ3n) is 5.21. The van der Waals surface area contributed by atoms with E-state index >= 15 is 0 Å². The lowest BCUT2D eigenvalue weighted by Crippen LogP contribution is -2.17. The fraction of sp³-hybridized carbons (Fsp3) is 0.261. The zero-order chi connectivity index (χ0) is 20.1. The number of carbonyl (C=O) groups is 1. The Morgan fingerprint density at radius 1 is 1.21 bits per heavy atom. The van der Waals surface area contributed by atoms with E-state index in [0.29, 0.717) is 0 Å². The van der Waals surface area contributed by atoms with Crippen molar-refractivity contribution in [3.63, 3.8) is 0 Å². The summed E-state index contributed by atoms with van der Waals surface area (Å²) < 4.78 is 5.78. The highest BCUT2D eigenvalue weighted by molar-refractivity contribution is 5.91. The summed E-state index contributed by atoms with van der Waals surface area (Å²) in [7, 11) is 0. The highest BCUT2D eigenvalue weighted by Crippen LogP contribution is 2.34. The van der Waals surface area contributed by atoms with Gasteiger partial charge in [-0.25, -0.2) is 5.48 Å². The number of carbonyl (C=O) groups excluding carboxylic acids is 1. The molecule has 0 saturated carbocycles. The minimum Gasteiger partial charge on any atom is -0.479 e. The second-order valence-corrected chi connectivity index (χ2v) is 7.20. The molecular weight excluding hydrogens is 366 g/mol. The lowest BCUT2D eigenvalue weighted by Gasteiger charge is -2.13. The number of benzene rings is 2. The first kappa shape index (κ1) is 19.2. The van der Waals surface area contributed by atoms with Gasteiger partial charge in [0.05, 0.1) is 6.61 Å². The SMILES string of the molecule is O=C(/C=C/c1ccc(CNCCc2cccc3[nH]c4c(c23)CCCO4)cc1)NO. The predicted molar refractivity (Wildman–Crippen MR) is 113 cm³/mol. The summed E-state index contributed by atoms with van der Waals surface area (Å²) in [5, 5.41) is 13.3. The highest BCUT2D eigenvalue weighted by atomic mass is 16.5. The quantitative estimate of drug-likeness (QED) is 0.215. The summed E-state index contributed by atoms with van der Waals surface area (Å²) in [6, 6.07) is 14.4. The zero-order valence-electron chi connectivity index (χ0n) is 16.2. The molecule has 6 heteroatoms. The van der Waals surface area contributed by atoms with E-state index in [1.54, 1.807) is 11.6 Å². The average molecular weight is 391 g/mol. The topological polar surface area (TPSA) is 86.4 Å². The monoisotopic (exact) mass is 391 g/mol. The maximum absolute atomic E-state index is 11.0. The molecular formula is C23H25N3O3. The van der Waals surface area contributed by atoms with E-state index in [4.69, 9.17) is 9.94 Å². The molecule has 29 heavy (non-hydrogen) atoms. The summed E-state index contributed by atoms with van der Waals surface area (Å²) in [5.74, 6) is 0.401. The molecule has 0 atom stereocenters. The van der Waals surface area contributed by atoms with Crippen LogP contribution in [0.1, 0.15) is 28.7 Å². The van der Waals surface area contributed by atoms with Crippen LogP contribution >= 0.6 is 0 Å². The molecule has 4 rings (SSSR count). The Morgan fingerprint density at radius 2 is 2.07 bits per heavy atom. The third kappa shape index (κ3) is 4.50. The molecule has 2 aromatic carbocycles. The van der Waals surface area contributed by atoms with Crippen LogP contribution < -0.4 is 15.5 Å². The normalized spacial score (nSPS) is 13.4. The largest absolute Gasteiger partial charge is 0.479 e. The number of nitrogens with one attached hydrogen (secondary N) is 3. The summed E-state index contributed by atoms with van der Waals surface area (Å²) in [5.41, 5.74) is 7.49. The number of amides is 1. The van der Waals surface area contributed by atoms with E-state index < -0.39 is 5.91 Å². The fourth-order valence-electron chi connectivity index (χ4n) is 3.78. The molecule has 0 spiro atoms. The number of aromatic amines is 1. The van der Waals surface area contributed by atoms with Crippen LogP contribution in [0.15, 0.2) is 48.5 Å². The first-order valence-corrected chi connectivity index (χ1v) is 9.91. The Balaban J connectivity index is 1.34. The van der Waals surface area contributed by atoms with Crippen LogP contribution in [0.4, 0.5) is 0 Å². The minimum atomic E-state index is -0.541. The van der Waals surface area contributed by atoms with E-state index in [2.05, 4.69) is 28.5 Å². The lowest BCUT2D eigenvalue weighted by molar-refractivity contribution is -0.124. The van der Waals surface area contributed by atoms with Crippen molar-refractivity contribution in [3.8, 4) is 5.88 Å². The second-order valence-electron chi connectivity index (χ2n) is 7.20. The molecule has 150 valence electrons. The van der Waals surface area contributed by atoms with Gasteiger partial charge in [0.2, 0.25) is 0 Å². The van der Waals surface area contributed by atoms with Crippen molar-refractivity contribution < 1.29 is 14.7 Å². The van der Waals surface area contributed by atoms with Crippen LogP contribution in [0.25, 0.3) is 17.0 Å². The Kier molecular flexibility index (Phi) is 5.93. The molecule has 2 heterocycles. The molecule has 4 N–H and O–H groups in total. The van der Waals surface area contributed by atoms with E-state index in [-0.39, 0.29) is 0 Å². The molecule has 1 amide bonds. The van der Waals surface area contributed by atoms with Gasteiger partial charge in [-0.1, -0.05) is 36.4 Å². The zero-order valence-corrected chi connectivity index (χ0v) is 16.2. The van der Waals surface area contributed by atoms with Gasteiger partial charge < -0.3 is 15.0 Å². The molecule has 0 saturated heterocycles. The number of aromatic nitrogens is 1. The summed E-state index contributed by atoms with van der Waals surface area (Å²) in [6.07, 6.45) is 6.05. The van der Waals surface area contributed by atoms with Crippen molar-refractivity contribution in [2.24, 2.45) is 0 Å². The van der Waals surface area contributed by atoms with Gasteiger partial charge in [0.15, 0.2) is 5.88 Å². The van der Waals surface area contributed by atoms with Crippen molar-refractivity contribution in [1.82, 2.24) is 15.8 Å². The number of H-pyrrole nitrogens is 1. The van der Waals surface area contributed by atoms with Gasteiger partial charge in [-0.2, -0.15) is 0 Å². The van der Waals surface area contributed by atoms with Crippen LogP contribution in [0.2, 0.25) is 0 Å².